The zero-order chi connectivity index (χ0) is 27.4. The summed E-state index contributed by atoms with van der Waals surface area (Å²) in [6.07, 6.45) is -2.77. The molecule has 1 unspecified atom stereocenters. The van der Waals surface area contributed by atoms with E-state index < -0.39 is 17.0 Å². The van der Waals surface area contributed by atoms with Gasteiger partial charge in [-0.2, -0.15) is 18.2 Å². The third kappa shape index (κ3) is 6.05. The van der Waals surface area contributed by atoms with E-state index in [-0.39, 0.29) is 17.5 Å². The number of nitrogens with one attached hydrogen (secondary N) is 2. The van der Waals surface area contributed by atoms with Crippen molar-refractivity contribution in [3.63, 3.8) is 0 Å². The van der Waals surface area contributed by atoms with Crippen LogP contribution in [-0.4, -0.2) is 27.6 Å². The first-order valence-electron chi connectivity index (χ1n) is 11.8. The summed E-state index contributed by atoms with van der Waals surface area (Å²) in [6.45, 7) is 0. The van der Waals surface area contributed by atoms with E-state index >= 15 is 0 Å². The zero-order valence-electron chi connectivity index (χ0n) is 20.5. The topological polar surface area (TPSA) is 80.5 Å². The van der Waals surface area contributed by atoms with Gasteiger partial charge in [-0.1, -0.05) is 54.6 Å². The van der Waals surface area contributed by atoms with Gasteiger partial charge < -0.3 is 14.8 Å². The second-order valence-corrected chi connectivity index (χ2v) is 9.44. The number of benzene rings is 3. The molecule has 0 saturated carbocycles. The maximum atomic E-state index is 13.3. The molecule has 3 aromatic carbocycles. The Labute approximate surface area is 226 Å². The van der Waals surface area contributed by atoms with Crippen molar-refractivity contribution in [1.82, 2.24) is 14.6 Å². The first-order valence-corrected chi connectivity index (χ1v) is 12.6. The quantitative estimate of drug-likeness (QED) is 0.200. The van der Waals surface area contributed by atoms with Gasteiger partial charge in [-0.15, -0.1) is 5.10 Å². The van der Waals surface area contributed by atoms with E-state index in [2.05, 4.69) is 20.7 Å². The highest BCUT2D eigenvalue weighted by Crippen LogP contribution is 2.35. The lowest BCUT2D eigenvalue weighted by Gasteiger charge is -2.15. The molecule has 0 fully saturated rings. The van der Waals surface area contributed by atoms with Gasteiger partial charge in [0.15, 0.2) is 5.65 Å². The third-order valence-electron chi connectivity index (χ3n) is 5.83. The van der Waals surface area contributed by atoms with Crippen molar-refractivity contribution in [1.29, 1.82) is 0 Å². The summed E-state index contributed by atoms with van der Waals surface area (Å²) in [5.74, 6) is -0.166. The molecule has 0 spiro atoms. The van der Waals surface area contributed by atoms with Crippen LogP contribution < -0.4 is 10.6 Å². The highest BCUT2D eigenvalue weighted by Gasteiger charge is 2.33. The van der Waals surface area contributed by atoms with E-state index in [1.165, 1.54) is 29.8 Å². The minimum absolute atomic E-state index is 0.0452. The van der Waals surface area contributed by atoms with Gasteiger partial charge in [-0.3, -0.25) is 4.79 Å². The van der Waals surface area contributed by atoms with Crippen LogP contribution in [0.25, 0.3) is 16.8 Å². The fourth-order valence-corrected chi connectivity index (χ4v) is 4.60. The Morgan fingerprint density at radius 1 is 0.923 bits per heavy atom. The smallest absolute Gasteiger partial charge is 0.325 e. The average Bonchev–Trinajstić information content (AvgIpc) is 3.34. The second-order valence-electron chi connectivity index (χ2n) is 8.44. The molecular formula is C28H22F3N5O2S. The van der Waals surface area contributed by atoms with Crippen LogP contribution in [0.2, 0.25) is 0 Å². The number of carbonyl (C=O) groups excluding carboxylic acids is 1. The molecule has 0 aliphatic carbocycles. The van der Waals surface area contributed by atoms with Gasteiger partial charge in [0.2, 0.25) is 11.9 Å². The Balaban J connectivity index is 1.32. The number of hydrogen-bond acceptors (Lipinski definition) is 6. The summed E-state index contributed by atoms with van der Waals surface area (Å²) in [7, 11) is 1.52. The second kappa shape index (κ2) is 11.2. The molecule has 0 radical (unpaired) electrons. The number of para-hydroxylation sites is 1. The van der Waals surface area contributed by atoms with Gasteiger partial charge in [0.1, 0.15) is 5.25 Å². The van der Waals surface area contributed by atoms with E-state index in [1.807, 2.05) is 48.5 Å². The predicted molar refractivity (Wildman–Crippen MR) is 146 cm³/mol. The van der Waals surface area contributed by atoms with Crippen LogP contribution in [0.3, 0.4) is 0 Å². The number of anilines is 3. The van der Waals surface area contributed by atoms with E-state index in [9.17, 15) is 18.0 Å². The van der Waals surface area contributed by atoms with Crippen LogP contribution in [-0.2, 0) is 15.2 Å². The van der Waals surface area contributed by atoms with Gasteiger partial charge in [0.25, 0.3) is 0 Å². The molecule has 5 aromatic rings. The number of fused-ring (bicyclic) bond motifs is 1. The SMILES string of the molecule is COSC(C(=O)Nc1ccc(-c2ccc3nc(Nc4ccccc4C(F)(F)F)nn3c2)cc1)c1ccccc1. The number of rotatable bonds is 8. The molecule has 11 heteroatoms. The summed E-state index contributed by atoms with van der Waals surface area (Å²) >= 11 is 1.07. The van der Waals surface area contributed by atoms with Crippen molar-refractivity contribution >= 4 is 40.9 Å². The third-order valence-corrected chi connectivity index (χ3v) is 6.70. The molecule has 0 aliphatic heterocycles. The van der Waals surface area contributed by atoms with E-state index in [4.69, 9.17) is 4.18 Å². The Bertz CT molecular complexity index is 1590. The fraction of sp³-hybridized carbons (Fsp3) is 0.107. The molecule has 0 aliphatic rings. The first-order chi connectivity index (χ1) is 18.8. The lowest BCUT2D eigenvalue weighted by atomic mass is 10.1. The average molecular weight is 550 g/mol. The number of amides is 1. The standard InChI is InChI=1S/C28H22F3N5O2S/c1-38-39-25(19-7-3-2-4-8-19)26(37)32-21-14-11-18(12-15-21)20-13-16-24-34-27(35-36(24)17-20)33-23-10-6-5-9-22(23)28(29,30)31/h2-17,25H,1H3,(H,32,37)(H,33,35). The maximum absolute atomic E-state index is 13.3. The Hall–Kier alpha value is -4.35. The molecule has 7 nitrogen and oxygen atoms in total. The Morgan fingerprint density at radius 3 is 2.33 bits per heavy atom. The van der Waals surface area contributed by atoms with Crippen molar-refractivity contribution in [3.8, 4) is 11.1 Å². The fourth-order valence-electron chi connectivity index (χ4n) is 4.00. The van der Waals surface area contributed by atoms with Gasteiger partial charge >= 0.3 is 6.18 Å². The largest absolute Gasteiger partial charge is 0.418 e. The molecule has 0 saturated heterocycles. The van der Waals surface area contributed by atoms with Crippen molar-refractivity contribution < 1.29 is 22.1 Å². The maximum Gasteiger partial charge on any atom is 0.418 e. The Morgan fingerprint density at radius 2 is 1.62 bits per heavy atom. The molecule has 2 N–H and O–H groups in total. The van der Waals surface area contributed by atoms with E-state index in [0.717, 1.165) is 34.8 Å². The number of carbonyl (C=O) groups is 1. The van der Waals surface area contributed by atoms with Crippen molar-refractivity contribution in [2.24, 2.45) is 0 Å². The number of nitrogens with zero attached hydrogens (tertiary/aromatic N) is 3. The molecule has 1 amide bonds. The van der Waals surface area contributed by atoms with Crippen LogP contribution in [0.5, 0.6) is 0 Å². The molecule has 2 aromatic heterocycles. The van der Waals surface area contributed by atoms with Crippen LogP contribution >= 0.6 is 12.0 Å². The molecule has 198 valence electrons. The number of aromatic nitrogens is 3. The highest BCUT2D eigenvalue weighted by molar-refractivity contribution is 7.95. The molecule has 1 atom stereocenters. The lowest BCUT2D eigenvalue weighted by molar-refractivity contribution is -0.137. The molecule has 0 bridgehead atoms. The number of hydrogen-bond donors (Lipinski definition) is 2. The van der Waals surface area contributed by atoms with Crippen LogP contribution in [0.1, 0.15) is 16.4 Å². The molecule has 5 rings (SSSR count). The number of pyridine rings is 1. The normalized spacial score (nSPS) is 12.3. The van der Waals surface area contributed by atoms with E-state index in [1.54, 1.807) is 24.4 Å². The van der Waals surface area contributed by atoms with Gasteiger partial charge in [0.05, 0.1) is 18.4 Å². The number of alkyl halides is 3. The van der Waals surface area contributed by atoms with Crippen molar-refractivity contribution in [2.75, 3.05) is 17.7 Å². The van der Waals surface area contributed by atoms with Crippen molar-refractivity contribution in [3.05, 3.63) is 108 Å². The minimum Gasteiger partial charge on any atom is -0.325 e. The first kappa shape index (κ1) is 26.3. The van der Waals surface area contributed by atoms with Gasteiger partial charge in [0, 0.05) is 29.5 Å². The van der Waals surface area contributed by atoms with Gasteiger partial charge in [-0.05, 0) is 47.5 Å². The van der Waals surface area contributed by atoms with Gasteiger partial charge in [-0.25, -0.2) is 4.52 Å². The number of halogens is 3. The van der Waals surface area contributed by atoms with Crippen LogP contribution in [0.4, 0.5) is 30.5 Å². The van der Waals surface area contributed by atoms with Crippen molar-refractivity contribution in [2.45, 2.75) is 11.4 Å². The summed E-state index contributed by atoms with van der Waals surface area (Å²) in [4.78, 5) is 17.2. The summed E-state index contributed by atoms with van der Waals surface area (Å²) in [6, 6.07) is 25.4. The zero-order valence-corrected chi connectivity index (χ0v) is 21.3. The van der Waals surface area contributed by atoms with Crippen LogP contribution in [0.15, 0.2) is 97.2 Å². The minimum atomic E-state index is -4.51. The summed E-state index contributed by atoms with van der Waals surface area (Å²) in [5, 5.41) is 9.35. The molecule has 39 heavy (non-hydrogen) atoms. The van der Waals surface area contributed by atoms with E-state index in [0.29, 0.717) is 11.3 Å². The highest BCUT2D eigenvalue weighted by atomic mass is 32.2. The monoisotopic (exact) mass is 549 g/mol. The molecular weight excluding hydrogens is 527 g/mol. The predicted octanol–water partition coefficient (Wildman–Crippen LogP) is 7.13. The summed E-state index contributed by atoms with van der Waals surface area (Å²) in [5.41, 5.74) is 2.66. The summed E-state index contributed by atoms with van der Waals surface area (Å²) < 4.78 is 46.7. The molecule has 2 heterocycles. The van der Waals surface area contributed by atoms with Crippen LogP contribution in [0, 0.1) is 0 Å². The lowest BCUT2D eigenvalue weighted by Crippen LogP contribution is -2.19. The Kier molecular flexibility index (Phi) is 7.53.